The lowest BCUT2D eigenvalue weighted by atomic mass is 9.92. The van der Waals surface area contributed by atoms with Crippen LogP contribution in [0.3, 0.4) is 0 Å². The van der Waals surface area contributed by atoms with Gasteiger partial charge >= 0.3 is 0 Å². The first-order valence-electron chi connectivity index (χ1n) is 5.00. The standard InChI is InChI=1S/C10H20BrN/c1-9-6-10(2)8-12(7-9)5-3-4-11/h9-10H,3-8H2,1-2H3. The summed E-state index contributed by atoms with van der Waals surface area (Å²) in [7, 11) is 0. The second-order valence-corrected chi connectivity index (χ2v) is 5.04. The molecule has 72 valence electrons. The van der Waals surface area contributed by atoms with Gasteiger partial charge in [0.1, 0.15) is 0 Å². The van der Waals surface area contributed by atoms with Crippen LogP contribution in [0.4, 0.5) is 0 Å². The molecule has 0 N–H and O–H groups in total. The summed E-state index contributed by atoms with van der Waals surface area (Å²) < 4.78 is 0. The van der Waals surface area contributed by atoms with Crippen LogP contribution in [0.5, 0.6) is 0 Å². The Labute approximate surface area is 84.6 Å². The zero-order valence-corrected chi connectivity index (χ0v) is 9.81. The average Bonchev–Trinajstić information content (AvgIpc) is 1.99. The summed E-state index contributed by atoms with van der Waals surface area (Å²) in [5, 5.41) is 1.15. The predicted molar refractivity (Wildman–Crippen MR) is 57.8 cm³/mol. The number of hydrogen-bond donors (Lipinski definition) is 0. The summed E-state index contributed by atoms with van der Waals surface area (Å²) in [5.41, 5.74) is 0. The van der Waals surface area contributed by atoms with Crippen LogP contribution in [0.15, 0.2) is 0 Å². The summed E-state index contributed by atoms with van der Waals surface area (Å²) in [6, 6.07) is 0. The minimum absolute atomic E-state index is 0.907. The van der Waals surface area contributed by atoms with Gasteiger partial charge in [0.15, 0.2) is 0 Å². The van der Waals surface area contributed by atoms with Crippen LogP contribution in [0.2, 0.25) is 0 Å². The molecule has 1 nitrogen and oxygen atoms in total. The van der Waals surface area contributed by atoms with Crippen molar-refractivity contribution in [3.8, 4) is 0 Å². The molecule has 1 aliphatic heterocycles. The number of rotatable bonds is 3. The van der Waals surface area contributed by atoms with Gasteiger partial charge in [-0.25, -0.2) is 0 Å². The summed E-state index contributed by atoms with van der Waals surface area (Å²) in [6.45, 7) is 8.65. The molecule has 2 heteroatoms. The molecule has 0 radical (unpaired) electrons. The molecule has 0 spiro atoms. The molecule has 1 saturated heterocycles. The van der Waals surface area contributed by atoms with Crippen molar-refractivity contribution in [3.05, 3.63) is 0 Å². The monoisotopic (exact) mass is 233 g/mol. The SMILES string of the molecule is CC1CC(C)CN(CCCBr)C1. The Balaban J connectivity index is 2.24. The summed E-state index contributed by atoms with van der Waals surface area (Å²) in [4.78, 5) is 2.61. The van der Waals surface area contributed by atoms with Gasteiger partial charge in [-0.05, 0) is 31.2 Å². The van der Waals surface area contributed by atoms with E-state index in [1.165, 1.54) is 32.5 Å². The molecule has 0 aromatic rings. The van der Waals surface area contributed by atoms with E-state index in [4.69, 9.17) is 0 Å². The molecule has 2 atom stereocenters. The third kappa shape index (κ3) is 3.44. The Morgan fingerprint density at radius 2 is 1.83 bits per heavy atom. The third-order valence-corrected chi connectivity index (χ3v) is 3.11. The van der Waals surface area contributed by atoms with Crippen molar-refractivity contribution in [2.45, 2.75) is 26.7 Å². The van der Waals surface area contributed by atoms with Crippen LogP contribution in [-0.2, 0) is 0 Å². The third-order valence-electron chi connectivity index (χ3n) is 2.55. The minimum Gasteiger partial charge on any atom is -0.303 e. The molecule has 1 aliphatic rings. The lowest BCUT2D eigenvalue weighted by Crippen LogP contribution is -2.39. The summed E-state index contributed by atoms with van der Waals surface area (Å²) >= 11 is 3.48. The van der Waals surface area contributed by atoms with Gasteiger partial charge in [0.25, 0.3) is 0 Å². The fourth-order valence-electron chi connectivity index (χ4n) is 2.26. The molecule has 0 amide bonds. The second kappa shape index (κ2) is 5.23. The molecular weight excluding hydrogens is 214 g/mol. The van der Waals surface area contributed by atoms with E-state index in [2.05, 4.69) is 34.7 Å². The number of alkyl halides is 1. The number of halogens is 1. The number of likely N-dealkylation sites (tertiary alicyclic amines) is 1. The lowest BCUT2D eigenvalue weighted by Gasteiger charge is -2.34. The fourth-order valence-corrected chi connectivity index (χ4v) is 2.51. The van der Waals surface area contributed by atoms with Crippen LogP contribution in [0, 0.1) is 11.8 Å². The van der Waals surface area contributed by atoms with Crippen LogP contribution < -0.4 is 0 Å². The molecular formula is C10H20BrN. The number of hydrogen-bond acceptors (Lipinski definition) is 1. The van der Waals surface area contributed by atoms with Crippen LogP contribution in [0.25, 0.3) is 0 Å². The van der Waals surface area contributed by atoms with Crippen molar-refractivity contribution >= 4 is 15.9 Å². The van der Waals surface area contributed by atoms with E-state index < -0.39 is 0 Å². The van der Waals surface area contributed by atoms with E-state index in [9.17, 15) is 0 Å². The maximum Gasteiger partial charge on any atom is 0.00434 e. The first kappa shape index (κ1) is 10.5. The van der Waals surface area contributed by atoms with Gasteiger partial charge in [0.2, 0.25) is 0 Å². The number of nitrogens with zero attached hydrogens (tertiary/aromatic N) is 1. The van der Waals surface area contributed by atoms with Crippen molar-refractivity contribution < 1.29 is 0 Å². The Bertz CT molecular complexity index is 117. The molecule has 12 heavy (non-hydrogen) atoms. The largest absolute Gasteiger partial charge is 0.303 e. The summed E-state index contributed by atoms with van der Waals surface area (Å²) in [5.74, 6) is 1.81. The Morgan fingerprint density at radius 3 is 2.33 bits per heavy atom. The van der Waals surface area contributed by atoms with E-state index in [0.717, 1.165) is 17.2 Å². The second-order valence-electron chi connectivity index (χ2n) is 4.25. The highest BCUT2D eigenvalue weighted by Gasteiger charge is 2.20. The van der Waals surface area contributed by atoms with Gasteiger partial charge in [-0.15, -0.1) is 0 Å². The van der Waals surface area contributed by atoms with Crippen molar-refractivity contribution in [1.29, 1.82) is 0 Å². The van der Waals surface area contributed by atoms with E-state index in [1.54, 1.807) is 0 Å². The molecule has 0 bridgehead atoms. The van der Waals surface area contributed by atoms with Gasteiger partial charge in [0, 0.05) is 18.4 Å². The quantitative estimate of drug-likeness (QED) is 0.679. The highest BCUT2D eigenvalue weighted by molar-refractivity contribution is 9.09. The first-order chi connectivity index (χ1) is 5.72. The topological polar surface area (TPSA) is 3.24 Å². The minimum atomic E-state index is 0.907. The van der Waals surface area contributed by atoms with Gasteiger partial charge in [-0.3, -0.25) is 0 Å². The van der Waals surface area contributed by atoms with Gasteiger partial charge in [0.05, 0.1) is 0 Å². The zero-order valence-electron chi connectivity index (χ0n) is 8.22. The van der Waals surface area contributed by atoms with E-state index in [-0.39, 0.29) is 0 Å². The molecule has 2 unspecified atom stereocenters. The van der Waals surface area contributed by atoms with Crippen LogP contribution in [0.1, 0.15) is 26.7 Å². The molecule has 0 aliphatic carbocycles. The van der Waals surface area contributed by atoms with Gasteiger partial charge in [-0.2, -0.15) is 0 Å². The normalized spacial score (nSPS) is 32.2. The molecule has 0 saturated carbocycles. The smallest absolute Gasteiger partial charge is 0.00434 e. The van der Waals surface area contributed by atoms with Crippen LogP contribution in [-0.4, -0.2) is 29.9 Å². The number of piperidine rings is 1. The first-order valence-corrected chi connectivity index (χ1v) is 6.13. The Kier molecular flexibility index (Phi) is 4.59. The molecule has 1 fully saturated rings. The van der Waals surface area contributed by atoms with Crippen molar-refractivity contribution in [2.24, 2.45) is 11.8 Å². The molecule has 0 aromatic heterocycles. The average molecular weight is 234 g/mol. The van der Waals surface area contributed by atoms with Crippen molar-refractivity contribution in [2.75, 3.05) is 25.0 Å². The Morgan fingerprint density at radius 1 is 1.25 bits per heavy atom. The summed E-state index contributed by atoms with van der Waals surface area (Å²) in [6.07, 6.45) is 2.71. The van der Waals surface area contributed by atoms with Crippen LogP contribution >= 0.6 is 15.9 Å². The molecule has 1 heterocycles. The Hall–Kier alpha value is 0.440. The maximum absolute atomic E-state index is 3.48. The highest BCUT2D eigenvalue weighted by atomic mass is 79.9. The molecule has 1 rings (SSSR count). The van der Waals surface area contributed by atoms with E-state index >= 15 is 0 Å². The van der Waals surface area contributed by atoms with E-state index in [0.29, 0.717) is 0 Å². The highest BCUT2D eigenvalue weighted by Crippen LogP contribution is 2.20. The predicted octanol–water partition coefficient (Wildman–Crippen LogP) is 2.75. The van der Waals surface area contributed by atoms with Gasteiger partial charge in [-0.1, -0.05) is 29.8 Å². The van der Waals surface area contributed by atoms with Crippen molar-refractivity contribution in [3.63, 3.8) is 0 Å². The van der Waals surface area contributed by atoms with E-state index in [1.807, 2.05) is 0 Å². The van der Waals surface area contributed by atoms with Crippen molar-refractivity contribution in [1.82, 2.24) is 4.90 Å². The zero-order chi connectivity index (χ0) is 8.97. The lowest BCUT2D eigenvalue weighted by molar-refractivity contribution is 0.142. The van der Waals surface area contributed by atoms with Gasteiger partial charge < -0.3 is 4.90 Å². The molecule has 0 aromatic carbocycles. The fraction of sp³-hybridized carbons (Fsp3) is 1.00. The maximum atomic E-state index is 3.48.